The molecule has 0 spiro atoms. The van der Waals surface area contributed by atoms with Crippen molar-refractivity contribution >= 4 is 27.6 Å². The quantitative estimate of drug-likeness (QED) is 0.321. The van der Waals surface area contributed by atoms with Crippen LogP contribution in [0.1, 0.15) is 69.4 Å². The average Bonchev–Trinajstić information content (AvgIpc) is 3.75. The van der Waals surface area contributed by atoms with Crippen molar-refractivity contribution in [2.45, 2.75) is 87.8 Å². The van der Waals surface area contributed by atoms with Crippen LogP contribution in [0.2, 0.25) is 5.02 Å². The third-order valence-corrected chi connectivity index (χ3v) is 11.5. The van der Waals surface area contributed by atoms with Gasteiger partial charge in [0.15, 0.2) is 0 Å². The molecule has 3 heterocycles. The lowest BCUT2D eigenvalue weighted by Crippen LogP contribution is -2.43. The van der Waals surface area contributed by atoms with Crippen LogP contribution in [0.5, 0.6) is 0 Å². The molecule has 3 fully saturated rings. The predicted octanol–water partition coefficient (Wildman–Crippen LogP) is 4.01. The van der Waals surface area contributed by atoms with Gasteiger partial charge in [-0.2, -0.15) is 10.4 Å². The van der Waals surface area contributed by atoms with E-state index in [-0.39, 0.29) is 11.3 Å². The zero-order valence-electron chi connectivity index (χ0n) is 24.2. The maximum Gasteiger partial charge on any atom is 0.223 e. The van der Waals surface area contributed by atoms with Crippen molar-refractivity contribution in [1.82, 2.24) is 29.4 Å². The molecule has 3 aromatic rings. The molecule has 2 aromatic heterocycles. The minimum atomic E-state index is -3.17. The highest BCUT2D eigenvalue weighted by molar-refractivity contribution is 7.90. The van der Waals surface area contributed by atoms with Crippen LogP contribution < -0.4 is 10.6 Å². The molecule has 0 atom stereocenters. The van der Waals surface area contributed by atoms with Gasteiger partial charge >= 0.3 is 0 Å². The Kier molecular flexibility index (Phi) is 8.45. The van der Waals surface area contributed by atoms with Gasteiger partial charge in [-0.15, -0.1) is 0 Å². The third-order valence-electron chi connectivity index (χ3n) is 8.77. The predicted molar refractivity (Wildman–Crippen MR) is 164 cm³/mol. The van der Waals surface area contributed by atoms with E-state index in [1.54, 1.807) is 21.4 Å². The summed E-state index contributed by atoms with van der Waals surface area (Å²) < 4.78 is 28.4. The van der Waals surface area contributed by atoms with E-state index >= 15 is 0 Å². The van der Waals surface area contributed by atoms with Crippen LogP contribution in [0, 0.1) is 11.3 Å². The van der Waals surface area contributed by atoms with E-state index in [0.29, 0.717) is 72.0 Å². The molecule has 3 N–H and O–H groups in total. The molecule has 13 heteroatoms. The van der Waals surface area contributed by atoms with Crippen LogP contribution >= 0.6 is 11.6 Å². The van der Waals surface area contributed by atoms with Gasteiger partial charge in [0.05, 0.1) is 45.2 Å². The lowest BCUT2D eigenvalue weighted by atomic mass is 9.83. The standard InChI is InChI=1S/C30H37ClN8O3S/c1-30(40)10-6-23(7-11-30)33-16-20-2-5-27(26(31)14-20)39-19-22(18-35-39)28-21(15-32)17-34-29(37-28)36-24-8-12-38(13-9-24)43(41,42)25-3-4-25/h2,5,14,17-19,23-25,33,40H,3-4,6-13,16H2,1H3,(H,34,36,37)/t23-,30-. The van der Waals surface area contributed by atoms with Crippen LogP contribution in [0.15, 0.2) is 36.8 Å². The molecule has 3 aliphatic rings. The van der Waals surface area contributed by atoms with Crippen molar-refractivity contribution in [3.63, 3.8) is 0 Å². The van der Waals surface area contributed by atoms with Crippen LogP contribution in [0.3, 0.4) is 0 Å². The first kappa shape index (κ1) is 30.0. The number of nitrogens with one attached hydrogen (secondary N) is 2. The summed E-state index contributed by atoms with van der Waals surface area (Å²) in [6.07, 6.45) is 11.3. The highest BCUT2D eigenvalue weighted by atomic mass is 35.5. The fraction of sp³-hybridized carbons (Fsp3) is 0.533. The van der Waals surface area contributed by atoms with Crippen molar-refractivity contribution in [2.24, 2.45) is 0 Å². The molecule has 43 heavy (non-hydrogen) atoms. The van der Waals surface area contributed by atoms with Crippen molar-refractivity contribution in [3.05, 3.63) is 52.9 Å². The number of nitriles is 1. The minimum absolute atomic E-state index is 0.0361. The highest BCUT2D eigenvalue weighted by Gasteiger charge is 2.41. The number of hydrogen-bond acceptors (Lipinski definition) is 9. The number of benzene rings is 1. The molecular weight excluding hydrogens is 588 g/mol. The number of aliphatic hydroxyl groups is 1. The Morgan fingerprint density at radius 3 is 2.53 bits per heavy atom. The lowest BCUT2D eigenvalue weighted by molar-refractivity contribution is 0.0140. The summed E-state index contributed by atoms with van der Waals surface area (Å²) in [7, 11) is -3.17. The highest BCUT2D eigenvalue weighted by Crippen LogP contribution is 2.33. The number of piperidine rings is 1. The van der Waals surface area contributed by atoms with Gasteiger partial charge in [0.1, 0.15) is 6.07 Å². The number of anilines is 1. The van der Waals surface area contributed by atoms with Crippen LogP contribution in [0.25, 0.3) is 16.9 Å². The summed E-state index contributed by atoms with van der Waals surface area (Å²) in [6.45, 7) is 3.55. The molecule has 0 bridgehead atoms. The fourth-order valence-electron chi connectivity index (χ4n) is 5.90. The van der Waals surface area contributed by atoms with Gasteiger partial charge in [-0.1, -0.05) is 17.7 Å². The van der Waals surface area contributed by atoms with Gasteiger partial charge < -0.3 is 15.7 Å². The van der Waals surface area contributed by atoms with Gasteiger partial charge in [-0.05, 0) is 76.0 Å². The molecule has 6 rings (SSSR count). The number of nitrogens with zero attached hydrogens (tertiary/aromatic N) is 6. The zero-order valence-corrected chi connectivity index (χ0v) is 25.8. The fourth-order valence-corrected chi connectivity index (χ4v) is 8.06. The Bertz CT molecular complexity index is 1610. The number of halogens is 1. The zero-order chi connectivity index (χ0) is 30.2. The van der Waals surface area contributed by atoms with Gasteiger partial charge in [-0.25, -0.2) is 27.4 Å². The summed E-state index contributed by atoms with van der Waals surface area (Å²) in [5, 5.41) is 31.7. The topological polar surface area (TPSA) is 149 Å². The first-order valence-electron chi connectivity index (χ1n) is 14.9. The summed E-state index contributed by atoms with van der Waals surface area (Å²) in [4.78, 5) is 8.99. The molecule has 2 aliphatic carbocycles. The summed E-state index contributed by atoms with van der Waals surface area (Å²) in [5.74, 6) is 0.390. The molecule has 0 amide bonds. The summed E-state index contributed by atoms with van der Waals surface area (Å²) in [6, 6.07) is 8.46. The average molecular weight is 625 g/mol. The van der Waals surface area contributed by atoms with Crippen LogP contribution in [-0.2, 0) is 16.6 Å². The van der Waals surface area contributed by atoms with Crippen LogP contribution in [-0.4, -0.2) is 73.6 Å². The van der Waals surface area contributed by atoms with Crippen LogP contribution in [0.4, 0.5) is 5.95 Å². The maximum atomic E-state index is 12.6. The Morgan fingerprint density at radius 1 is 1.12 bits per heavy atom. The van der Waals surface area contributed by atoms with E-state index in [1.807, 2.05) is 25.1 Å². The third kappa shape index (κ3) is 6.86. The summed E-state index contributed by atoms with van der Waals surface area (Å²) in [5.41, 5.74) is 2.67. The van der Waals surface area contributed by atoms with Crippen molar-refractivity contribution in [2.75, 3.05) is 18.4 Å². The monoisotopic (exact) mass is 624 g/mol. The van der Waals surface area contributed by atoms with E-state index in [1.165, 1.54) is 6.20 Å². The van der Waals surface area contributed by atoms with Gasteiger partial charge in [0.2, 0.25) is 16.0 Å². The van der Waals surface area contributed by atoms with Gasteiger partial charge in [-0.3, -0.25) is 0 Å². The molecule has 1 saturated heterocycles. The second-order valence-corrected chi connectivity index (χ2v) is 14.9. The molecule has 2 saturated carbocycles. The Hall–Kier alpha value is -3.08. The molecule has 228 valence electrons. The second kappa shape index (κ2) is 12.1. The van der Waals surface area contributed by atoms with Gasteiger partial charge in [0.25, 0.3) is 0 Å². The number of aromatic nitrogens is 4. The molecule has 0 unspecified atom stereocenters. The van der Waals surface area contributed by atoms with E-state index in [4.69, 9.17) is 11.6 Å². The van der Waals surface area contributed by atoms with Crippen molar-refractivity contribution in [3.8, 4) is 23.0 Å². The smallest absolute Gasteiger partial charge is 0.223 e. The molecule has 11 nitrogen and oxygen atoms in total. The van der Waals surface area contributed by atoms with E-state index < -0.39 is 15.6 Å². The molecule has 1 aliphatic heterocycles. The molecule has 1 aromatic carbocycles. The van der Waals surface area contributed by atoms with Crippen molar-refractivity contribution < 1.29 is 13.5 Å². The minimum Gasteiger partial charge on any atom is -0.390 e. The first-order chi connectivity index (χ1) is 20.6. The second-order valence-electron chi connectivity index (χ2n) is 12.2. The Balaban J connectivity index is 1.10. The Labute approximate surface area is 257 Å². The summed E-state index contributed by atoms with van der Waals surface area (Å²) >= 11 is 6.68. The largest absolute Gasteiger partial charge is 0.390 e. The number of hydrogen-bond donors (Lipinski definition) is 3. The van der Waals surface area contributed by atoms with E-state index in [2.05, 4.69) is 31.8 Å². The lowest BCUT2D eigenvalue weighted by Gasteiger charge is -2.33. The van der Waals surface area contributed by atoms with Gasteiger partial charge in [0, 0.05) is 43.5 Å². The number of sulfonamides is 1. The normalized spacial score (nSPS) is 23.6. The SMILES string of the molecule is C[C@]1(O)CC[C@H](NCc2ccc(-n3cc(-c4nc(NC5CCN(S(=O)(=O)C6CC6)CC5)ncc4C#N)cn3)c(Cl)c2)CC1. The van der Waals surface area contributed by atoms with E-state index in [9.17, 15) is 18.8 Å². The molecule has 0 radical (unpaired) electrons. The number of rotatable bonds is 9. The molecular formula is C30H37ClN8O3S. The Morgan fingerprint density at radius 2 is 1.86 bits per heavy atom. The van der Waals surface area contributed by atoms with Crippen molar-refractivity contribution in [1.29, 1.82) is 5.26 Å². The first-order valence-corrected chi connectivity index (χ1v) is 16.8. The maximum absolute atomic E-state index is 12.6. The van der Waals surface area contributed by atoms with E-state index in [0.717, 1.165) is 44.1 Å².